The van der Waals surface area contributed by atoms with Gasteiger partial charge in [0.1, 0.15) is 0 Å². The fourth-order valence-electron chi connectivity index (χ4n) is 1.39. The zero-order valence-corrected chi connectivity index (χ0v) is 7.74. The molecule has 2 heterocycles. The molecule has 0 fully saturated rings. The molecule has 0 saturated carbocycles. The van der Waals surface area contributed by atoms with E-state index in [1.165, 1.54) is 6.20 Å². The van der Waals surface area contributed by atoms with Crippen LogP contribution in [0.25, 0.3) is 11.1 Å². The van der Waals surface area contributed by atoms with Crippen molar-refractivity contribution in [1.82, 2.24) is 9.97 Å². The van der Waals surface area contributed by atoms with Crippen molar-refractivity contribution in [2.24, 2.45) is 0 Å². The van der Waals surface area contributed by atoms with Crippen LogP contribution in [0.3, 0.4) is 0 Å². The third kappa shape index (κ3) is 1.48. The molecule has 70 valence electrons. The van der Waals surface area contributed by atoms with E-state index in [1.807, 2.05) is 6.92 Å². The topological polar surface area (TPSA) is 25.8 Å². The van der Waals surface area contributed by atoms with Crippen LogP contribution in [0.2, 0.25) is 0 Å². The molecule has 0 amide bonds. The lowest BCUT2D eigenvalue weighted by atomic mass is 10.0. The number of nitrogens with zero attached hydrogens (tertiary/aromatic N) is 2. The average molecular weight is 188 g/mol. The van der Waals surface area contributed by atoms with Crippen LogP contribution in [-0.2, 0) is 0 Å². The summed E-state index contributed by atoms with van der Waals surface area (Å²) in [5.41, 5.74) is 2.24. The average Bonchev–Trinajstić information content (AvgIpc) is 2.19. The first-order chi connectivity index (χ1) is 6.79. The van der Waals surface area contributed by atoms with Gasteiger partial charge < -0.3 is 0 Å². The molecular weight excluding hydrogens is 179 g/mol. The molecule has 0 radical (unpaired) electrons. The maximum atomic E-state index is 13.4. The van der Waals surface area contributed by atoms with E-state index in [9.17, 15) is 4.39 Å². The Labute approximate surface area is 81.5 Å². The van der Waals surface area contributed by atoms with Crippen LogP contribution in [0.4, 0.5) is 4.39 Å². The summed E-state index contributed by atoms with van der Waals surface area (Å²) < 4.78 is 13.4. The monoisotopic (exact) mass is 188 g/mol. The smallest absolute Gasteiger partial charge is 0.220 e. The molecule has 3 heteroatoms. The number of hydrogen-bond acceptors (Lipinski definition) is 2. The molecule has 0 saturated heterocycles. The van der Waals surface area contributed by atoms with E-state index < -0.39 is 5.95 Å². The van der Waals surface area contributed by atoms with E-state index in [-0.39, 0.29) is 0 Å². The highest BCUT2D eigenvalue weighted by Gasteiger charge is 2.07. The van der Waals surface area contributed by atoms with Gasteiger partial charge >= 0.3 is 0 Å². The summed E-state index contributed by atoms with van der Waals surface area (Å²) in [6.45, 7) is 1.86. The molecule has 2 aromatic rings. The van der Waals surface area contributed by atoms with Crippen LogP contribution in [0, 0.1) is 12.9 Å². The fraction of sp³-hybridized carbons (Fsp3) is 0.0909. The molecule has 0 spiro atoms. The normalized spacial score (nSPS) is 10.1. The van der Waals surface area contributed by atoms with Gasteiger partial charge in [0.2, 0.25) is 5.95 Å². The number of aryl methyl sites for hydroxylation is 1. The van der Waals surface area contributed by atoms with Gasteiger partial charge in [0.05, 0.1) is 0 Å². The summed E-state index contributed by atoms with van der Waals surface area (Å²) in [7, 11) is 0. The highest BCUT2D eigenvalue weighted by atomic mass is 19.1. The minimum atomic E-state index is -0.434. The fourth-order valence-corrected chi connectivity index (χ4v) is 1.39. The summed E-state index contributed by atoms with van der Waals surface area (Å²) in [5.74, 6) is -0.434. The van der Waals surface area contributed by atoms with Crippen LogP contribution in [0.1, 0.15) is 5.56 Å². The van der Waals surface area contributed by atoms with E-state index in [2.05, 4.69) is 9.97 Å². The van der Waals surface area contributed by atoms with Gasteiger partial charge in [0.15, 0.2) is 0 Å². The van der Waals surface area contributed by atoms with E-state index in [4.69, 9.17) is 0 Å². The molecule has 0 bridgehead atoms. The van der Waals surface area contributed by atoms with Gasteiger partial charge in [-0.2, -0.15) is 4.39 Å². The Bertz CT molecular complexity index is 420. The van der Waals surface area contributed by atoms with Crippen LogP contribution in [0.15, 0.2) is 36.8 Å². The van der Waals surface area contributed by atoms with Crippen molar-refractivity contribution in [3.8, 4) is 11.1 Å². The number of aromatic nitrogens is 2. The van der Waals surface area contributed by atoms with Gasteiger partial charge in [-0.25, -0.2) is 4.98 Å². The first kappa shape index (κ1) is 8.81. The Morgan fingerprint density at radius 1 is 1.07 bits per heavy atom. The first-order valence-electron chi connectivity index (χ1n) is 4.30. The molecule has 0 unspecified atom stereocenters. The van der Waals surface area contributed by atoms with Crippen molar-refractivity contribution in [3.05, 3.63) is 48.3 Å². The van der Waals surface area contributed by atoms with Crippen molar-refractivity contribution in [2.45, 2.75) is 6.92 Å². The highest BCUT2D eigenvalue weighted by molar-refractivity contribution is 5.65. The van der Waals surface area contributed by atoms with Crippen LogP contribution in [-0.4, -0.2) is 9.97 Å². The lowest BCUT2D eigenvalue weighted by Crippen LogP contribution is -1.91. The van der Waals surface area contributed by atoms with Crippen LogP contribution >= 0.6 is 0 Å². The highest BCUT2D eigenvalue weighted by Crippen LogP contribution is 2.23. The molecule has 2 aromatic heterocycles. The van der Waals surface area contributed by atoms with Crippen molar-refractivity contribution in [3.63, 3.8) is 0 Å². The van der Waals surface area contributed by atoms with Gasteiger partial charge in [0, 0.05) is 24.2 Å². The number of halogens is 1. The second kappa shape index (κ2) is 3.54. The first-order valence-corrected chi connectivity index (χ1v) is 4.30. The van der Waals surface area contributed by atoms with E-state index >= 15 is 0 Å². The van der Waals surface area contributed by atoms with E-state index in [0.29, 0.717) is 5.56 Å². The standard InChI is InChI=1S/C11H9FN2/c1-8-2-7-14-11(12)10(8)9-3-5-13-6-4-9/h2-7H,1H3. The molecule has 0 aliphatic rings. The Hall–Kier alpha value is -1.77. The minimum Gasteiger partial charge on any atom is -0.265 e. The molecule has 14 heavy (non-hydrogen) atoms. The summed E-state index contributed by atoms with van der Waals surface area (Å²) in [5, 5.41) is 0. The zero-order valence-electron chi connectivity index (χ0n) is 7.74. The SMILES string of the molecule is Cc1ccnc(F)c1-c1ccncc1. The van der Waals surface area contributed by atoms with Crippen LogP contribution in [0.5, 0.6) is 0 Å². The molecule has 2 nitrogen and oxygen atoms in total. The number of hydrogen-bond donors (Lipinski definition) is 0. The molecule has 0 N–H and O–H groups in total. The Morgan fingerprint density at radius 3 is 2.43 bits per heavy atom. The molecule has 0 aromatic carbocycles. The van der Waals surface area contributed by atoms with Crippen molar-refractivity contribution in [2.75, 3.05) is 0 Å². The molecule has 0 aliphatic heterocycles. The third-order valence-corrected chi connectivity index (χ3v) is 2.08. The van der Waals surface area contributed by atoms with E-state index in [1.54, 1.807) is 30.6 Å². The summed E-state index contributed by atoms with van der Waals surface area (Å²) in [4.78, 5) is 7.52. The zero-order chi connectivity index (χ0) is 9.97. The number of rotatable bonds is 1. The quantitative estimate of drug-likeness (QED) is 0.643. The largest absolute Gasteiger partial charge is 0.265 e. The van der Waals surface area contributed by atoms with Gasteiger partial charge in [-0.15, -0.1) is 0 Å². The maximum absolute atomic E-state index is 13.4. The van der Waals surface area contributed by atoms with E-state index in [0.717, 1.165) is 11.1 Å². The Kier molecular flexibility index (Phi) is 2.23. The Morgan fingerprint density at radius 2 is 1.79 bits per heavy atom. The predicted octanol–water partition coefficient (Wildman–Crippen LogP) is 2.59. The summed E-state index contributed by atoms with van der Waals surface area (Å²) >= 11 is 0. The molecule has 0 aliphatic carbocycles. The summed E-state index contributed by atoms with van der Waals surface area (Å²) in [6, 6.07) is 5.33. The van der Waals surface area contributed by atoms with Crippen molar-refractivity contribution >= 4 is 0 Å². The lowest BCUT2D eigenvalue weighted by molar-refractivity contribution is 0.586. The molecule has 0 atom stereocenters. The summed E-state index contributed by atoms with van der Waals surface area (Å²) in [6.07, 6.45) is 4.75. The van der Waals surface area contributed by atoms with Gasteiger partial charge in [-0.05, 0) is 36.2 Å². The van der Waals surface area contributed by atoms with Gasteiger partial charge in [-0.1, -0.05) is 0 Å². The third-order valence-electron chi connectivity index (χ3n) is 2.08. The van der Waals surface area contributed by atoms with Crippen LogP contribution < -0.4 is 0 Å². The van der Waals surface area contributed by atoms with Gasteiger partial charge in [-0.3, -0.25) is 4.98 Å². The molecular formula is C11H9FN2. The van der Waals surface area contributed by atoms with Gasteiger partial charge in [0.25, 0.3) is 0 Å². The lowest BCUT2D eigenvalue weighted by Gasteiger charge is -2.05. The predicted molar refractivity (Wildman–Crippen MR) is 52.2 cm³/mol. The molecule has 2 rings (SSSR count). The maximum Gasteiger partial charge on any atom is 0.220 e. The van der Waals surface area contributed by atoms with Crippen molar-refractivity contribution in [1.29, 1.82) is 0 Å². The Balaban J connectivity index is 2.63. The minimum absolute atomic E-state index is 0.434. The number of pyridine rings is 2. The second-order valence-electron chi connectivity index (χ2n) is 3.03. The van der Waals surface area contributed by atoms with Crippen molar-refractivity contribution < 1.29 is 4.39 Å². The second-order valence-corrected chi connectivity index (χ2v) is 3.03.